The Morgan fingerprint density at radius 3 is 1.73 bits per heavy atom. The summed E-state index contributed by atoms with van der Waals surface area (Å²) in [5.74, 6) is 1.42. The van der Waals surface area contributed by atoms with Gasteiger partial charge in [-0.2, -0.15) is 0 Å². The maximum Gasteiger partial charge on any atom is 0.531 e. The van der Waals surface area contributed by atoms with Crippen LogP contribution in [0.3, 0.4) is 0 Å². The van der Waals surface area contributed by atoms with Gasteiger partial charge in [-0.3, -0.25) is 0 Å². The lowest BCUT2D eigenvalue weighted by Gasteiger charge is -2.14. The second-order valence-corrected chi connectivity index (χ2v) is 4.19. The van der Waals surface area contributed by atoms with Gasteiger partial charge in [0.05, 0.1) is 11.5 Å². The van der Waals surface area contributed by atoms with E-state index in [1.165, 1.54) is 0 Å². The van der Waals surface area contributed by atoms with Crippen LogP contribution in [-0.4, -0.2) is 9.28 Å². The van der Waals surface area contributed by atoms with Crippen molar-refractivity contribution < 1.29 is 8.85 Å². The molecule has 1 radical (unpaired) electrons. The summed E-state index contributed by atoms with van der Waals surface area (Å²) in [7, 11) is -1.18. The summed E-state index contributed by atoms with van der Waals surface area (Å²) in [6.45, 7) is 13.0. The number of hydrogen-bond acceptors (Lipinski definition) is 2. The van der Waals surface area contributed by atoms with Crippen molar-refractivity contribution in [2.75, 3.05) is 0 Å². The van der Waals surface area contributed by atoms with Gasteiger partial charge in [-0.05, 0) is 13.8 Å². The average Bonchev–Trinajstić information content (AvgIpc) is 1.84. The Morgan fingerprint density at radius 1 is 1.18 bits per heavy atom. The minimum Gasteiger partial charge on any atom is -0.515 e. The van der Waals surface area contributed by atoms with Crippen molar-refractivity contribution in [3.05, 3.63) is 24.7 Å². The van der Waals surface area contributed by atoms with Gasteiger partial charge >= 0.3 is 9.28 Å². The molecule has 0 aliphatic heterocycles. The predicted molar refractivity (Wildman–Crippen MR) is 48.0 cm³/mol. The van der Waals surface area contributed by atoms with E-state index in [1.54, 1.807) is 0 Å². The van der Waals surface area contributed by atoms with Crippen LogP contribution >= 0.6 is 0 Å². The zero-order chi connectivity index (χ0) is 8.85. The summed E-state index contributed by atoms with van der Waals surface area (Å²) in [4.78, 5) is 0. The van der Waals surface area contributed by atoms with Crippen molar-refractivity contribution in [1.29, 1.82) is 0 Å². The van der Waals surface area contributed by atoms with Crippen LogP contribution in [0.25, 0.3) is 0 Å². The fourth-order valence-electron chi connectivity index (χ4n) is 0.554. The molecule has 2 nitrogen and oxygen atoms in total. The monoisotopic (exact) mass is 171 g/mol. The SMILES string of the molecule is C=C(C)O[Si](CC)OC(=C)C. The van der Waals surface area contributed by atoms with Crippen LogP contribution in [-0.2, 0) is 8.85 Å². The molecule has 0 spiro atoms. The molecule has 0 aliphatic rings. The van der Waals surface area contributed by atoms with Gasteiger partial charge in [0.2, 0.25) is 0 Å². The lowest BCUT2D eigenvalue weighted by atomic mass is 10.7. The molecular weight excluding hydrogens is 156 g/mol. The van der Waals surface area contributed by atoms with Gasteiger partial charge in [0.1, 0.15) is 0 Å². The van der Waals surface area contributed by atoms with E-state index in [0.717, 1.165) is 6.04 Å². The minimum atomic E-state index is -1.18. The van der Waals surface area contributed by atoms with Crippen molar-refractivity contribution >= 4 is 9.28 Å². The third kappa shape index (κ3) is 5.73. The average molecular weight is 171 g/mol. The molecule has 0 aromatic rings. The number of hydrogen-bond donors (Lipinski definition) is 0. The molecule has 0 aromatic carbocycles. The van der Waals surface area contributed by atoms with Crippen LogP contribution in [0.2, 0.25) is 6.04 Å². The molecule has 0 rings (SSSR count). The quantitative estimate of drug-likeness (QED) is 0.467. The highest BCUT2D eigenvalue weighted by atomic mass is 28.3. The standard InChI is InChI=1S/C8H15O2Si/c1-6-11(9-7(2)3)10-8(4)5/h2,4,6H2,1,3,5H3. The first-order chi connectivity index (χ1) is 5.06. The topological polar surface area (TPSA) is 18.5 Å². The Balaban J connectivity index is 3.76. The van der Waals surface area contributed by atoms with E-state index >= 15 is 0 Å². The van der Waals surface area contributed by atoms with Gasteiger partial charge in [0.25, 0.3) is 0 Å². The van der Waals surface area contributed by atoms with Crippen molar-refractivity contribution in [2.45, 2.75) is 26.8 Å². The Hall–Kier alpha value is -0.703. The second kappa shape index (κ2) is 5.01. The number of allylic oxidation sites excluding steroid dienone is 2. The van der Waals surface area contributed by atoms with Gasteiger partial charge in [0, 0.05) is 6.04 Å². The molecule has 11 heavy (non-hydrogen) atoms. The Labute approximate surface area is 70.4 Å². The summed E-state index contributed by atoms with van der Waals surface area (Å²) >= 11 is 0. The Kier molecular flexibility index (Phi) is 4.69. The molecule has 0 bridgehead atoms. The molecule has 0 unspecified atom stereocenters. The van der Waals surface area contributed by atoms with Crippen LogP contribution in [0, 0.1) is 0 Å². The van der Waals surface area contributed by atoms with E-state index in [9.17, 15) is 0 Å². The lowest BCUT2D eigenvalue weighted by Crippen LogP contribution is -2.19. The summed E-state index contributed by atoms with van der Waals surface area (Å²) in [5, 5.41) is 0. The molecule has 0 heterocycles. The summed E-state index contributed by atoms with van der Waals surface area (Å²) in [6, 6.07) is 0.893. The predicted octanol–water partition coefficient (Wildman–Crippen LogP) is 2.59. The molecule has 3 heteroatoms. The van der Waals surface area contributed by atoms with E-state index in [-0.39, 0.29) is 0 Å². The van der Waals surface area contributed by atoms with Crippen LogP contribution in [0.5, 0.6) is 0 Å². The number of rotatable bonds is 5. The molecule has 0 saturated carbocycles. The molecule has 0 fully saturated rings. The van der Waals surface area contributed by atoms with Gasteiger partial charge in [0.15, 0.2) is 0 Å². The molecule has 0 saturated heterocycles. The molecule has 0 amide bonds. The molecule has 0 N–H and O–H groups in total. The molecule has 0 atom stereocenters. The van der Waals surface area contributed by atoms with Crippen LogP contribution in [0.15, 0.2) is 24.7 Å². The highest BCUT2D eigenvalue weighted by Gasteiger charge is 2.16. The highest BCUT2D eigenvalue weighted by Crippen LogP contribution is 2.05. The fourth-order valence-corrected chi connectivity index (χ4v) is 1.66. The maximum absolute atomic E-state index is 5.33. The van der Waals surface area contributed by atoms with E-state index in [2.05, 4.69) is 13.2 Å². The molecule has 0 aliphatic carbocycles. The zero-order valence-electron chi connectivity index (χ0n) is 7.44. The fraction of sp³-hybridized carbons (Fsp3) is 0.500. The normalized spacial score (nSPS) is 9.45. The van der Waals surface area contributed by atoms with Crippen LogP contribution < -0.4 is 0 Å². The van der Waals surface area contributed by atoms with Gasteiger partial charge in [-0.1, -0.05) is 20.1 Å². The van der Waals surface area contributed by atoms with Crippen molar-refractivity contribution in [3.8, 4) is 0 Å². The smallest absolute Gasteiger partial charge is 0.515 e. The van der Waals surface area contributed by atoms with E-state index < -0.39 is 9.28 Å². The third-order valence-electron chi connectivity index (χ3n) is 0.865. The van der Waals surface area contributed by atoms with Crippen LogP contribution in [0.1, 0.15) is 20.8 Å². The van der Waals surface area contributed by atoms with Gasteiger partial charge in [-0.25, -0.2) is 0 Å². The molecule has 0 aromatic heterocycles. The Morgan fingerprint density at radius 2 is 1.55 bits per heavy atom. The first kappa shape index (κ1) is 10.3. The van der Waals surface area contributed by atoms with Gasteiger partial charge in [-0.15, -0.1) is 0 Å². The first-order valence-corrected chi connectivity index (χ1v) is 5.11. The summed E-state index contributed by atoms with van der Waals surface area (Å²) < 4.78 is 10.7. The summed E-state index contributed by atoms with van der Waals surface area (Å²) in [5.41, 5.74) is 0. The maximum atomic E-state index is 5.33. The molecule has 63 valence electrons. The molecular formula is C8H15O2Si. The largest absolute Gasteiger partial charge is 0.531 e. The van der Waals surface area contributed by atoms with Gasteiger partial charge < -0.3 is 8.85 Å². The Bertz CT molecular complexity index is 138. The van der Waals surface area contributed by atoms with Crippen molar-refractivity contribution in [3.63, 3.8) is 0 Å². The van der Waals surface area contributed by atoms with Crippen molar-refractivity contribution in [1.82, 2.24) is 0 Å². The van der Waals surface area contributed by atoms with Crippen molar-refractivity contribution in [2.24, 2.45) is 0 Å². The lowest BCUT2D eigenvalue weighted by molar-refractivity contribution is 0.298. The minimum absolute atomic E-state index is 0.710. The highest BCUT2D eigenvalue weighted by molar-refractivity contribution is 6.44. The van der Waals surface area contributed by atoms with Crippen LogP contribution in [0.4, 0.5) is 0 Å². The third-order valence-corrected chi connectivity index (χ3v) is 2.59. The van der Waals surface area contributed by atoms with E-state index in [1.807, 2.05) is 20.8 Å². The summed E-state index contributed by atoms with van der Waals surface area (Å²) in [6.07, 6.45) is 0. The first-order valence-electron chi connectivity index (χ1n) is 3.58. The van der Waals surface area contributed by atoms with E-state index in [0.29, 0.717) is 11.5 Å². The van der Waals surface area contributed by atoms with E-state index in [4.69, 9.17) is 8.85 Å². The zero-order valence-corrected chi connectivity index (χ0v) is 8.44. The second-order valence-electron chi connectivity index (χ2n) is 2.33.